The summed E-state index contributed by atoms with van der Waals surface area (Å²) in [4.78, 5) is 0. The third-order valence-electron chi connectivity index (χ3n) is 0.145. The van der Waals surface area contributed by atoms with Crippen LogP contribution in [0.5, 0.6) is 0 Å². The SMILES string of the molecule is F[CH-]B(P)P.[Zn]. The molecule has 0 aromatic carbocycles. The molecule has 0 nitrogen and oxygen atoms in total. The monoisotopic (exact) mass is 173 g/mol. The summed E-state index contributed by atoms with van der Waals surface area (Å²) < 4.78 is 10.9. The summed E-state index contributed by atoms with van der Waals surface area (Å²) in [5.41, 5.74) is 0. The van der Waals surface area contributed by atoms with Crippen molar-refractivity contribution in [3.8, 4) is 0 Å². The third-order valence-corrected chi connectivity index (χ3v) is 0.436. The minimum Gasteiger partial charge on any atom is -0.465 e. The molecule has 0 aromatic rings. The van der Waals surface area contributed by atoms with Crippen molar-refractivity contribution in [2.24, 2.45) is 0 Å². The van der Waals surface area contributed by atoms with Gasteiger partial charge in [-0.1, -0.05) is 0 Å². The summed E-state index contributed by atoms with van der Waals surface area (Å²) in [6.07, 6.45) is -0.0741. The average Bonchev–Trinajstić information content (AvgIpc) is 1.38. The molecular weight excluding hydrogens is 169 g/mol. The van der Waals surface area contributed by atoms with Gasteiger partial charge in [-0.25, -0.2) is 0 Å². The van der Waals surface area contributed by atoms with E-state index in [0.29, 0.717) is 6.57 Å². The first-order chi connectivity index (χ1) is 2.27. The number of hydrogen-bond donors (Lipinski definition) is 0. The second-order valence-electron chi connectivity index (χ2n) is 0.703. The van der Waals surface area contributed by atoms with Crippen LogP contribution in [0.25, 0.3) is 0 Å². The Morgan fingerprint density at radius 1 is 1.50 bits per heavy atom. The zero-order valence-corrected chi connectivity index (χ0v) is 8.67. The maximum atomic E-state index is 10.9. The van der Waals surface area contributed by atoms with E-state index < -0.39 is 0 Å². The van der Waals surface area contributed by atoms with Crippen LogP contribution in [0.2, 0.25) is 0 Å². The summed E-state index contributed by atoms with van der Waals surface area (Å²) >= 11 is 0. The molecule has 0 rings (SSSR count). The molecule has 0 fully saturated rings. The minimum absolute atomic E-state index is 0. The van der Waals surface area contributed by atoms with Gasteiger partial charge < -0.3 is 4.39 Å². The standard InChI is InChI=1S/CH5BFP2.Zn/c3-1-2(4)5;/h1H,4-5H2;/q-1;. The Balaban J connectivity index is 0. The molecule has 5 heteroatoms. The molecule has 0 aromatic heterocycles. The molecule has 0 aliphatic heterocycles. The van der Waals surface area contributed by atoms with Gasteiger partial charge in [0, 0.05) is 19.5 Å². The molecule has 0 aliphatic carbocycles. The largest absolute Gasteiger partial charge is 0.465 e. The van der Waals surface area contributed by atoms with Crippen molar-refractivity contribution in [1.29, 1.82) is 0 Å². The van der Waals surface area contributed by atoms with Crippen LogP contribution in [0, 0.1) is 6.57 Å². The number of hydrogen-bond acceptors (Lipinski definition) is 0. The predicted octanol–water partition coefficient (Wildman–Crippen LogP) is 0.893. The van der Waals surface area contributed by atoms with E-state index in [1.54, 1.807) is 0 Å². The number of halogens is 1. The van der Waals surface area contributed by atoms with E-state index >= 15 is 0 Å². The van der Waals surface area contributed by atoms with Crippen molar-refractivity contribution in [1.82, 2.24) is 0 Å². The fourth-order valence-corrected chi connectivity index (χ4v) is 0. The van der Waals surface area contributed by atoms with Crippen molar-refractivity contribution in [3.05, 3.63) is 6.57 Å². The molecule has 0 amide bonds. The van der Waals surface area contributed by atoms with Crippen molar-refractivity contribution in [2.45, 2.75) is 0 Å². The molecule has 2 atom stereocenters. The average molecular weight is 174 g/mol. The van der Waals surface area contributed by atoms with E-state index in [-0.39, 0.29) is 25.6 Å². The van der Waals surface area contributed by atoms with Gasteiger partial charge in [-0.3, -0.25) is 0 Å². The van der Waals surface area contributed by atoms with Gasteiger partial charge >= 0.3 is 0 Å². The van der Waals surface area contributed by atoms with Crippen LogP contribution in [0.15, 0.2) is 0 Å². The normalized spacial score (nSPS) is 6.50. The van der Waals surface area contributed by atoms with Crippen LogP contribution in [0.4, 0.5) is 4.39 Å². The molecule has 2 unspecified atom stereocenters. The molecular formula is CH5BFP2Zn-. The Hall–Kier alpha value is 1.48. The second kappa shape index (κ2) is 6.48. The molecule has 6 heavy (non-hydrogen) atoms. The first kappa shape index (κ1) is 10.5. The van der Waals surface area contributed by atoms with E-state index in [1.165, 1.54) is 0 Å². The van der Waals surface area contributed by atoms with E-state index in [4.69, 9.17) is 0 Å². The van der Waals surface area contributed by atoms with Crippen LogP contribution in [0.3, 0.4) is 0 Å². The summed E-state index contributed by atoms with van der Waals surface area (Å²) in [6.45, 7) is 0.593. The molecule has 0 saturated heterocycles. The fraction of sp³-hybridized carbons (Fsp3) is 0. The Morgan fingerprint density at radius 3 is 1.67 bits per heavy atom. The molecule has 0 aliphatic rings. The van der Waals surface area contributed by atoms with Crippen molar-refractivity contribution in [3.63, 3.8) is 0 Å². The zero-order chi connectivity index (χ0) is 4.28. The molecule has 0 N–H and O–H groups in total. The van der Waals surface area contributed by atoms with Gasteiger partial charge in [0.25, 0.3) is 0 Å². The second-order valence-corrected chi connectivity index (χ2v) is 3.01. The first-order valence-corrected chi connectivity index (χ1v) is 2.55. The summed E-state index contributed by atoms with van der Waals surface area (Å²) in [7, 11) is 4.53. The van der Waals surface area contributed by atoms with Crippen molar-refractivity contribution < 1.29 is 23.9 Å². The smallest absolute Gasteiger partial charge is 0.0509 e. The van der Waals surface area contributed by atoms with E-state index in [2.05, 4.69) is 18.2 Å². The van der Waals surface area contributed by atoms with Gasteiger partial charge in [-0.2, -0.15) is 24.8 Å². The molecule has 0 bridgehead atoms. The van der Waals surface area contributed by atoms with Crippen molar-refractivity contribution >= 4 is 24.4 Å². The Bertz CT molecular complexity index is 27.5. The van der Waals surface area contributed by atoms with Gasteiger partial charge in [0.05, 0.1) is 6.15 Å². The maximum absolute atomic E-state index is 10.9. The Kier molecular flexibility index (Phi) is 11.3. The first-order valence-electron chi connectivity index (χ1n) is 1.22. The van der Waals surface area contributed by atoms with Gasteiger partial charge in [-0.15, -0.1) is 0 Å². The molecule has 0 saturated carbocycles. The molecule has 0 radical (unpaired) electrons. The minimum atomic E-state index is -0.0741. The van der Waals surface area contributed by atoms with Crippen LogP contribution in [0.1, 0.15) is 0 Å². The summed E-state index contributed by atoms with van der Waals surface area (Å²) in [5, 5.41) is 0. The quantitative estimate of drug-likeness (QED) is 0.314. The Labute approximate surface area is 55.2 Å². The van der Waals surface area contributed by atoms with E-state index in [0.717, 1.165) is 0 Å². The van der Waals surface area contributed by atoms with Crippen LogP contribution >= 0.6 is 18.2 Å². The molecule has 0 heterocycles. The van der Waals surface area contributed by atoms with E-state index in [9.17, 15) is 4.39 Å². The number of rotatable bonds is 1. The molecule has 32 valence electrons. The molecule has 0 spiro atoms. The van der Waals surface area contributed by atoms with Crippen LogP contribution < -0.4 is 0 Å². The van der Waals surface area contributed by atoms with Crippen molar-refractivity contribution in [2.75, 3.05) is 0 Å². The summed E-state index contributed by atoms with van der Waals surface area (Å²) in [6, 6.07) is 0. The predicted molar refractivity (Wildman–Crippen MR) is 30.6 cm³/mol. The maximum Gasteiger partial charge on any atom is 0.0509 e. The van der Waals surface area contributed by atoms with Crippen LogP contribution in [-0.4, -0.2) is 6.15 Å². The topological polar surface area (TPSA) is 0 Å². The van der Waals surface area contributed by atoms with Crippen LogP contribution in [-0.2, 0) is 19.5 Å². The fourth-order valence-electron chi connectivity index (χ4n) is 0. The Morgan fingerprint density at radius 2 is 1.67 bits per heavy atom. The zero-order valence-electron chi connectivity index (χ0n) is 3.39. The third kappa shape index (κ3) is 9.08. The van der Waals surface area contributed by atoms with E-state index in [1.807, 2.05) is 0 Å². The van der Waals surface area contributed by atoms with Gasteiger partial charge in [0.15, 0.2) is 0 Å². The van der Waals surface area contributed by atoms with Gasteiger partial charge in [0.2, 0.25) is 0 Å². The summed E-state index contributed by atoms with van der Waals surface area (Å²) in [5.74, 6) is 0. The van der Waals surface area contributed by atoms with Gasteiger partial charge in [0.1, 0.15) is 0 Å². The van der Waals surface area contributed by atoms with Gasteiger partial charge in [-0.05, 0) is 0 Å².